The summed E-state index contributed by atoms with van der Waals surface area (Å²) in [6, 6.07) is 17.5. The second kappa shape index (κ2) is 8.56. The average molecular weight is 385 g/mol. The van der Waals surface area contributed by atoms with Crippen molar-refractivity contribution in [1.29, 1.82) is 0 Å². The molecule has 0 amide bonds. The van der Waals surface area contributed by atoms with E-state index in [0.29, 0.717) is 22.6 Å². The molecule has 5 heteroatoms. The Morgan fingerprint density at radius 1 is 1.04 bits per heavy atom. The molecule has 0 saturated carbocycles. The van der Waals surface area contributed by atoms with Crippen molar-refractivity contribution >= 4 is 23.4 Å². The number of aryl methyl sites for hydroxylation is 1. The van der Waals surface area contributed by atoms with Crippen molar-refractivity contribution in [3.8, 4) is 11.6 Å². The highest BCUT2D eigenvalue weighted by molar-refractivity contribution is 7.98. The SMILES string of the molecule is Cc1ccccc1CSc1nc(Oc2ccc(Cl)cc2)cc(C(C)C)n1. The molecule has 0 bridgehead atoms. The molecule has 26 heavy (non-hydrogen) atoms. The molecule has 0 spiro atoms. The fourth-order valence-corrected chi connectivity index (χ4v) is 3.43. The van der Waals surface area contributed by atoms with Crippen LogP contribution in [0, 0.1) is 6.92 Å². The van der Waals surface area contributed by atoms with Gasteiger partial charge in [0, 0.05) is 16.8 Å². The molecule has 0 atom stereocenters. The molecule has 3 rings (SSSR count). The average Bonchev–Trinajstić information content (AvgIpc) is 2.63. The number of ether oxygens (including phenoxy) is 1. The topological polar surface area (TPSA) is 35.0 Å². The van der Waals surface area contributed by atoms with Crippen molar-refractivity contribution in [2.24, 2.45) is 0 Å². The molecule has 0 aliphatic carbocycles. The zero-order chi connectivity index (χ0) is 18.5. The summed E-state index contributed by atoms with van der Waals surface area (Å²) in [5.41, 5.74) is 3.53. The van der Waals surface area contributed by atoms with Crippen molar-refractivity contribution < 1.29 is 4.74 Å². The van der Waals surface area contributed by atoms with Crippen LogP contribution >= 0.6 is 23.4 Å². The summed E-state index contributed by atoms with van der Waals surface area (Å²) in [4.78, 5) is 9.26. The van der Waals surface area contributed by atoms with E-state index >= 15 is 0 Å². The maximum atomic E-state index is 5.93. The van der Waals surface area contributed by atoms with Crippen molar-refractivity contribution in [3.63, 3.8) is 0 Å². The zero-order valence-corrected chi connectivity index (χ0v) is 16.6. The maximum Gasteiger partial charge on any atom is 0.223 e. The molecular weight excluding hydrogens is 364 g/mol. The van der Waals surface area contributed by atoms with Crippen LogP contribution in [0.5, 0.6) is 11.6 Å². The van der Waals surface area contributed by atoms with Gasteiger partial charge in [-0.3, -0.25) is 0 Å². The molecule has 0 N–H and O–H groups in total. The zero-order valence-electron chi connectivity index (χ0n) is 15.1. The molecule has 0 aliphatic heterocycles. The van der Waals surface area contributed by atoms with Crippen LogP contribution in [0.2, 0.25) is 5.02 Å². The molecule has 0 saturated heterocycles. The lowest BCUT2D eigenvalue weighted by molar-refractivity contribution is 0.453. The quantitative estimate of drug-likeness (QED) is 0.352. The molecule has 0 aliphatic rings. The Morgan fingerprint density at radius 3 is 2.46 bits per heavy atom. The van der Waals surface area contributed by atoms with E-state index in [9.17, 15) is 0 Å². The number of aromatic nitrogens is 2. The van der Waals surface area contributed by atoms with Crippen LogP contribution < -0.4 is 4.74 Å². The summed E-state index contributed by atoms with van der Waals surface area (Å²) in [6.07, 6.45) is 0. The molecule has 2 aromatic carbocycles. The Balaban J connectivity index is 1.81. The lowest BCUT2D eigenvalue weighted by Gasteiger charge is -2.11. The molecule has 1 aromatic heterocycles. The minimum Gasteiger partial charge on any atom is -0.439 e. The lowest BCUT2D eigenvalue weighted by Crippen LogP contribution is -2.00. The first-order valence-corrected chi connectivity index (χ1v) is 9.87. The van der Waals surface area contributed by atoms with E-state index < -0.39 is 0 Å². The summed E-state index contributed by atoms with van der Waals surface area (Å²) in [7, 11) is 0. The van der Waals surface area contributed by atoms with Crippen molar-refractivity contribution in [3.05, 3.63) is 76.4 Å². The minimum absolute atomic E-state index is 0.295. The van der Waals surface area contributed by atoms with Gasteiger partial charge in [0.05, 0.1) is 5.69 Å². The Morgan fingerprint density at radius 2 is 1.77 bits per heavy atom. The van der Waals surface area contributed by atoms with E-state index in [1.165, 1.54) is 11.1 Å². The van der Waals surface area contributed by atoms with Crippen molar-refractivity contribution in [1.82, 2.24) is 9.97 Å². The van der Waals surface area contributed by atoms with Crippen LogP contribution in [0.25, 0.3) is 0 Å². The number of hydrogen-bond acceptors (Lipinski definition) is 4. The molecule has 3 nitrogen and oxygen atoms in total. The van der Waals surface area contributed by atoms with E-state index in [0.717, 1.165) is 16.6 Å². The van der Waals surface area contributed by atoms with Gasteiger partial charge in [0.2, 0.25) is 5.88 Å². The van der Waals surface area contributed by atoms with Crippen molar-refractivity contribution in [2.45, 2.75) is 37.6 Å². The summed E-state index contributed by atoms with van der Waals surface area (Å²) >= 11 is 7.56. The molecule has 1 heterocycles. The highest BCUT2D eigenvalue weighted by atomic mass is 35.5. The van der Waals surface area contributed by atoms with E-state index in [4.69, 9.17) is 16.3 Å². The Bertz CT molecular complexity index is 881. The summed E-state index contributed by atoms with van der Waals surface area (Å²) in [5, 5.41) is 1.40. The number of hydrogen-bond donors (Lipinski definition) is 0. The summed E-state index contributed by atoms with van der Waals surface area (Å²) in [5.74, 6) is 2.38. The van der Waals surface area contributed by atoms with Gasteiger partial charge in [-0.25, -0.2) is 4.98 Å². The first kappa shape index (κ1) is 18.7. The third-order valence-corrected chi connectivity index (χ3v) is 5.10. The van der Waals surface area contributed by atoms with Crippen molar-refractivity contribution in [2.75, 3.05) is 0 Å². The Kier molecular flexibility index (Phi) is 6.17. The molecule has 134 valence electrons. The molecule has 3 aromatic rings. The molecule has 0 unspecified atom stereocenters. The minimum atomic E-state index is 0.295. The van der Waals surface area contributed by atoms with Gasteiger partial charge in [-0.15, -0.1) is 0 Å². The van der Waals surface area contributed by atoms with Gasteiger partial charge >= 0.3 is 0 Å². The number of nitrogens with zero attached hydrogens (tertiary/aromatic N) is 2. The van der Waals surface area contributed by atoms with Gasteiger partial charge in [-0.2, -0.15) is 4.98 Å². The monoisotopic (exact) mass is 384 g/mol. The number of halogens is 1. The fourth-order valence-electron chi connectivity index (χ4n) is 2.37. The lowest BCUT2D eigenvalue weighted by atomic mass is 10.1. The molecule has 0 radical (unpaired) electrons. The highest BCUT2D eigenvalue weighted by Gasteiger charge is 2.11. The van der Waals surface area contributed by atoms with Crippen LogP contribution in [0.4, 0.5) is 0 Å². The van der Waals surface area contributed by atoms with Gasteiger partial charge in [-0.05, 0) is 48.2 Å². The third kappa shape index (κ3) is 4.99. The Hall–Kier alpha value is -2.04. The highest BCUT2D eigenvalue weighted by Crippen LogP contribution is 2.28. The predicted molar refractivity (Wildman–Crippen MR) is 108 cm³/mol. The van der Waals surface area contributed by atoms with Crippen LogP contribution in [0.3, 0.4) is 0 Å². The first-order chi connectivity index (χ1) is 12.5. The van der Waals surface area contributed by atoms with E-state index in [2.05, 4.69) is 55.0 Å². The summed E-state index contributed by atoms with van der Waals surface area (Å²) < 4.78 is 5.92. The van der Waals surface area contributed by atoms with Crippen LogP contribution in [-0.4, -0.2) is 9.97 Å². The standard InChI is InChI=1S/C21H21ClN2OS/c1-14(2)19-12-20(25-18-10-8-17(22)9-11-18)24-21(23-19)26-13-16-7-5-4-6-15(16)3/h4-12,14H,13H2,1-3H3. The smallest absolute Gasteiger partial charge is 0.223 e. The molecule has 0 fully saturated rings. The number of benzene rings is 2. The van der Waals surface area contributed by atoms with E-state index in [-0.39, 0.29) is 0 Å². The largest absolute Gasteiger partial charge is 0.439 e. The normalized spacial score (nSPS) is 11.0. The predicted octanol–water partition coefficient (Wildman–Crippen LogP) is 6.65. The van der Waals surface area contributed by atoms with Gasteiger partial charge in [0.25, 0.3) is 0 Å². The van der Waals surface area contributed by atoms with E-state index in [1.54, 1.807) is 23.9 Å². The second-order valence-corrected chi connectivity index (χ2v) is 7.72. The van der Waals surface area contributed by atoms with Crippen LogP contribution in [-0.2, 0) is 5.75 Å². The van der Waals surface area contributed by atoms with E-state index in [1.807, 2.05) is 18.2 Å². The maximum absolute atomic E-state index is 5.93. The number of rotatable bonds is 6. The Labute approximate surface area is 163 Å². The van der Waals surface area contributed by atoms with Gasteiger partial charge in [0.1, 0.15) is 5.75 Å². The van der Waals surface area contributed by atoms with Gasteiger partial charge < -0.3 is 4.74 Å². The van der Waals surface area contributed by atoms with Gasteiger partial charge in [0.15, 0.2) is 5.16 Å². The second-order valence-electron chi connectivity index (χ2n) is 6.34. The molecular formula is C21H21ClN2OS. The van der Waals surface area contributed by atoms with Gasteiger partial charge in [-0.1, -0.05) is 61.5 Å². The number of thioether (sulfide) groups is 1. The first-order valence-electron chi connectivity index (χ1n) is 8.51. The third-order valence-electron chi connectivity index (χ3n) is 3.95. The van der Waals surface area contributed by atoms with Crippen LogP contribution in [0.15, 0.2) is 59.8 Å². The summed E-state index contributed by atoms with van der Waals surface area (Å²) in [6.45, 7) is 6.35. The fraction of sp³-hybridized carbons (Fsp3) is 0.238. The van der Waals surface area contributed by atoms with Crippen LogP contribution in [0.1, 0.15) is 36.6 Å².